The first kappa shape index (κ1) is 20.3. The zero-order chi connectivity index (χ0) is 22.0. The molecule has 1 aromatic heterocycles. The molecule has 0 bridgehead atoms. The van der Waals surface area contributed by atoms with E-state index in [1.165, 1.54) is 0 Å². The van der Waals surface area contributed by atoms with Crippen molar-refractivity contribution in [3.05, 3.63) is 126 Å². The Bertz CT molecular complexity index is 1100. The Hall–Kier alpha value is -3.57. The van der Waals surface area contributed by atoms with Gasteiger partial charge in [-0.05, 0) is 41.7 Å². The highest BCUT2D eigenvalue weighted by atomic mass is 16.5. The van der Waals surface area contributed by atoms with Gasteiger partial charge in [0.05, 0.1) is 6.61 Å². The summed E-state index contributed by atoms with van der Waals surface area (Å²) < 4.78 is 6.15. The van der Waals surface area contributed by atoms with E-state index in [0.717, 1.165) is 35.1 Å². The Labute approximate surface area is 188 Å². The predicted molar refractivity (Wildman–Crippen MR) is 124 cm³/mol. The molecule has 5 nitrogen and oxygen atoms in total. The monoisotopic (exact) mass is 422 g/mol. The highest BCUT2D eigenvalue weighted by Crippen LogP contribution is 2.48. The van der Waals surface area contributed by atoms with Gasteiger partial charge in [0.1, 0.15) is 5.60 Å². The summed E-state index contributed by atoms with van der Waals surface area (Å²) in [4.78, 5) is 1.76. The Morgan fingerprint density at radius 2 is 1.34 bits per heavy atom. The second-order valence-electron chi connectivity index (χ2n) is 8.45. The van der Waals surface area contributed by atoms with Gasteiger partial charge in [0.2, 0.25) is 5.82 Å². The van der Waals surface area contributed by atoms with E-state index in [-0.39, 0.29) is 0 Å². The van der Waals surface area contributed by atoms with Gasteiger partial charge in [0.25, 0.3) is 0 Å². The third-order valence-electron chi connectivity index (χ3n) is 5.99. The molecule has 1 saturated carbocycles. The lowest BCUT2D eigenvalue weighted by molar-refractivity contribution is 0.0391. The van der Waals surface area contributed by atoms with Crippen molar-refractivity contribution in [2.45, 2.75) is 30.9 Å². The summed E-state index contributed by atoms with van der Waals surface area (Å²) in [6, 6.07) is 31.1. The van der Waals surface area contributed by atoms with E-state index in [0.29, 0.717) is 12.4 Å². The van der Waals surface area contributed by atoms with Crippen LogP contribution in [0.2, 0.25) is 0 Å². The number of ether oxygens (including phenoxy) is 1. The number of hydrogen-bond donors (Lipinski definition) is 0. The first-order chi connectivity index (χ1) is 15.6. The van der Waals surface area contributed by atoms with Gasteiger partial charge in [-0.25, -0.2) is 0 Å². The lowest BCUT2D eigenvalue weighted by atomic mass is 9.77. The molecule has 5 rings (SSSR count). The molecule has 0 saturated heterocycles. The lowest BCUT2D eigenvalue weighted by Crippen LogP contribution is -2.39. The van der Waals surface area contributed by atoms with Crippen LogP contribution in [-0.4, -0.2) is 26.8 Å². The van der Waals surface area contributed by atoms with Crippen LogP contribution in [0.25, 0.3) is 0 Å². The van der Waals surface area contributed by atoms with E-state index in [1.807, 2.05) is 61.5 Å². The first-order valence-corrected chi connectivity index (χ1v) is 10.9. The smallest absolute Gasteiger partial charge is 0.206 e. The highest BCUT2D eigenvalue weighted by molar-refractivity contribution is 5.49. The number of tetrazole rings is 1. The van der Waals surface area contributed by atoms with Gasteiger partial charge in [-0.3, -0.25) is 0 Å². The molecule has 0 amide bonds. The number of hydrogen-bond acceptors (Lipinski definition) is 4. The van der Waals surface area contributed by atoms with Crippen molar-refractivity contribution in [1.29, 1.82) is 0 Å². The second kappa shape index (κ2) is 8.17. The molecule has 3 aromatic carbocycles. The van der Waals surface area contributed by atoms with Crippen LogP contribution in [0, 0.1) is 0 Å². The molecule has 0 N–H and O–H groups in total. The van der Waals surface area contributed by atoms with Gasteiger partial charge in [0, 0.05) is 0 Å². The number of nitrogens with zero attached hydrogens (tertiary/aromatic N) is 4. The van der Waals surface area contributed by atoms with Gasteiger partial charge in [0.15, 0.2) is 5.54 Å². The summed E-state index contributed by atoms with van der Waals surface area (Å²) in [5.41, 5.74) is 2.94. The van der Waals surface area contributed by atoms with Crippen LogP contribution in [0.3, 0.4) is 0 Å². The van der Waals surface area contributed by atoms with Crippen molar-refractivity contribution < 1.29 is 4.74 Å². The second-order valence-corrected chi connectivity index (χ2v) is 8.45. The van der Waals surface area contributed by atoms with Crippen LogP contribution in [0.15, 0.2) is 103 Å². The van der Waals surface area contributed by atoms with E-state index >= 15 is 0 Å². The Balaban J connectivity index is 1.72. The molecule has 1 heterocycles. The summed E-state index contributed by atoms with van der Waals surface area (Å²) in [7, 11) is 0. The van der Waals surface area contributed by atoms with E-state index in [9.17, 15) is 0 Å². The molecule has 4 aromatic rings. The molecular weight excluding hydrogens is 396 g/mol. The SMILES string of the molecule is C=C(C)COC1(c2nnn(C(c3ccccc3)(c3ccccc3)c3ccccc3)n2)CC1. The molecule has 160 valence electrons. The van der Waals surface area contributed by atoms with E-state index in [4.69, 9.17) is 9.84 Å². The molecule has 32 heavy (non-hydrogen) atoms. The van der Waals surface area contributed by atoms with Gasteiger partial charge in [-0.15, -0.1) is 15.0 Å². The van der Waals surface area contributed by atoms with Crippen LogP contribution in [0.4, 0.5) is 0 Å². The Kier molecular flexibility index (Phi) is 5.19. The summed E-state index contributed by atoms with van der Waals surface area (Å²) >= 11 is 0. The average Bonchev–Trinajstić information content (AvgIpc) is 3.48. The topological polar surface area (TPSA) is 52.8 Å². The molecule has 1 aliphatic rings. The number of aromatic nitrogens is 4. The fraction of sp³-hybridized carbons (Fsp3) is 0.222. The third kappa shape index (κ3) is 3.45. The minimum Gasteiger partial charge on any atom is -0.363 e. The van der Waals surface area contributed by atoms with Gasteiger partial charge in [-0.2, -0.15) is 0 Å². The molecule has 0 spiro atoms. The fourth-order valence-corrected chi connectivity index (χ4v) is 4.23. The number of rotatable bonds is 8. The van der Waals surface area contributed by atoms with E-state index in [1.54, 1.807) is 4.80 Å². The van der Waals surface area contributed by atoms with Crippen molar-refractivity contribution in [3.63, 3.8) is 0 Å². The van der Waals surface area contributed by atoms with Crippen LogP contribution >= 0.6 is 0 Å². The predicted octanol–water partition coefficient (Wildman–Crippen LogP) is 5.10. The lowest BCUT2D eigenvalue weighted by Gasteiger charge is -2.34. The van der Waals surface area contributed by atoms with E-state index < -0.39 is 11.1 Å². The number of benzene rings is 3. The van der Waals surface area contributed by atoms with Crippen LogP contribution < -0.4 is 0 Å². The maximum atomic E-state index is 6.15. The van der Waals surface area contributed by atoms with Crippen molar-refractivity contribution in [2.75, 3.05) is 6.61 Å². The van der Waals surface area contributed by atoms with Gasteiger partial charge < -0.3 is 4.74 Å². The summed E-state index contributed by atoms with van der Waals surface area (Å²) in [5, 5.41) is 14.1. The van der Waals surface area contributed by atoms with Crippen LogP contribution in [0.1, 0.15) is 42.3 Å². The standard InChI is InChI=1S/C27H26N4O/c1-21(2)20-32-26(18-19-26)25-28-30-31(29-25)27(22-12-6-3-7-13-22,23-14-8-4-9-15-23)24-16-10-5-11-17-24/h3-17H,1,18-20H2,2H3. The molecule has 5 heteroatoms. The average molecular weight is 423 g/mol. The quantitative estimate of drug-likeness (QED) is 0.293. The molecule has 1 aliphatic carbocycles. The van der Waals surface area contributed by atoms with Crippen molar-refractivity contribution >= 4 is 0 Å². The Morgan fingerprint density at radius 3 is 1.75 bits per heavy atom. The van der Waals surface area contributed by atoms with Crippen molar-refractivity contribution in [2.24, 2.45) is 0 Å². The maximum Gasteiger partial charge on any atom is 0.206 e. The Morgan fingerprint density at radius 1 is 0.875 bits per heavy atom. The maximum absolute atomic E-state index is 6.15. The minimum atomic E-state index is -0.764. The van der Waals surface area contributed by atoms with Crippen LogP contribution in [0.5, 0.6) is 0 Å². The normalized spacial score (nSPS) is 14.8. The minimum absolute atomic E-state index is 0.465. The molecule has 0 unspecified atom stereocenters. The highest BCUT2D eigenvalue weighted by Gasteiger charge is 2.51. The fourth-order valence-electron chi connectivity index (χ4n) is 4.23. The van der Waals surface area contributed by atoms with Crippen molar-refractivity contribution in [3.8, 4) is 0 Å². The molecule has 0 radical (unpaired) electrons. The van der Waals surface area contributed by atoms with E-state index in [2.05, 4.69) is 53.3 Å². The summed E-state index contributed by atoms with van der Waals surface area (Å²) in [6.07, 6.45) is 1.78. The largest absolute Gasteiger partial charge is 0.363 e. The summed E-state index contributed by atoms with van der Waals surface area (Å²) in [5.74, 6) is 0.630. The zero-order valence-electron chi connectivity index (χ0n) is 18.2. The molecule has 0 atom stereocenters. The zero-order valence-corrected chi connectivity index (χ0v) is 18.2. The molecular formula is C27H26N4O. The molecule has 0 aliphatic heterocycles. The van der Waals surface area contributed by atoms with Gasteiger partial charge >= 0.3 is 0 Å². The third-order valence-corrected chi connectivity index (χ3v) is 5.99. The van der Waals surface area contributed by atoms with Gasteiger partial charge in [-0.1, -0.05) is 103 Å². The molecule has 1 fully saturated rings. The van der Waals surface area contributed by atoms with Crippen molar-refractivity contribution in [1.82, 2.24) is 20.2 Å². The van der Waals surface area contributed by atoms with Crippen LogP contribution in [-0.2, 0) is 15.9 Å². The summed E-state index contributed by atoms with van der Waals surface area (Å²) in [6.45, 7) is 6.42. The first-order valence-electron chi connectivity index (χ1n) is 10.9.